The Morgan fingerprint density at radius 1 is 0.862 bits per heavy atom. The topological polar surface area (TPSA) is 82.1 Å². The lowest BCUT2D eigenvalue weighted by Crippen LogP contribution is -2.19. The molecule has 1 N–H and O–H groups in total. The van der Waals surface area contributed by atoms with Gasteiger partial charge in [-0.25, -0.2) is 4.79 Å². The van der Waals surface area contributed by atoms with Gasteiger partial charge >= 0.3 is 5.97 Å². The fourth-order valence-corrected chi connectivity index (χ4v) is 2.47. The SMILES string of the molecule is CC(C)(C)OCCCc1ccc(OCC(=O)COc2ccc(C(=O)O)cc2)cc1. The maximum atomic E-state index is 11.9. The summed E-state index contributed by atoms with van der Waals surface area (Å²) in [5.74, 6) is -0.164. The molecule has 0 aliphatic carbocycles. The van der Waals surface area contributed by atoms with Crippen molar-refractivity contribution in [1.82, 2.24) is 0 Å². The molecule has 0 aliphatic rings. The number of carbonyl (C=O) groups is 2. The molecule has 0 spiro atoms. The summed E-state index contributed by atoms with van der Waals surface area (Å²) in [6.45, 7) is 6.61. The van der Waals surface area contributed by atoms with Gasteiger partial charge in [0.1, 0.15) is 24.7 Å². The minimum absolute atomic E-state index is 0.0913. The molecule has 0 atom stereocenters. The summed E-state index contributed by atoms with van der Waals surface area (Å²) < 4.78 is 16.6. The van der Waals surface area contributed by atoms with Crippen LogP contribution in [0.1, 0.15) is 43.1 Å². The minimum atomic E-state index is -1.01. The Morgan fingerprint density at radius 2 is 1.38 bits per heavy atom. The third-order valence-electron chi connectivity index (χ3n) is 3.97. The highest BCUT2D eigenvalue weighted by molar-refractivity contribution is 5.87. The number of hydrogen-bond donors (Lipinski definition) is 1. The molecule has 2 rings (SSSR count). The number of ether oxygens (including phenoxy) is 3. The van der Waals surface area contributed by atoms with Gasteiger partial charge in [-0.1, -0.05) is 12.1 Å². The van der Waals surface area contributed by atoms with E-state index in [1.165, 1.54) is 29.8 Å². The standard InChI is InChI=1S/C23H28O6/c1-23(2,3)29-14-4-5-17-6-10-20(11-7-17)27-15-19(24)16-28-21-12-8-18(9-13-21)22(25)26/h6-13H,4-5,14-16H2,1-3H3,(H,25,26). The van der Waals surface area contributed by atoms with Gasteiger partial charge < -0.3 is 19.3 Å². The highest BCUT2D eigenvalue weighted by Gasteiger charge is 2.09. The molecule has 0 heterocycles. The molecule has 0 saturated heterocycles. The smallest absolute Gasteiger partial charge is 0.335 e. The van der Waals surface area contributed by atoms with Crippen LogP contribution in [0.15, 0.2) is 48.5 Å². The summed E-state index contributed by atoms with van der Waals surface area (Å²) in [7, 11) is 0. The molecule has 29 heavy (non-hydrogen) atoms. The quantitative estimate of drug-likeness (QED) is 0.571. The summed E-state index contributed by atoms with van der Waals surface area (Å²) in [4.78, 5) is 22.7. The largest absolute Gasteiger partial charge is 0.486 e. The number of Topliss-reactive ketones (excluding diaryl/α,β-unsaturated/α-hetero) is 1. The van der Waals surface area contributed by atoms with E-state index in [2.05, 4.69) is 0 Å². The molecule has 0 aromatic heterocycles. The number of carboxylic acid groups (broad SMARTS) is 1. The third-order valence-corrected chi connectivity index (χ3v) is 3.97. The fraction of sp³-hybridized carbons (Fsp3) is 0.391. The predicted octanol–water partition coefficient (Wildman–Crippen LogP) is 4.16. The van der Waals surface area contributed by atoms with E-state index in [9.17, 15) is 9.59 Å². The number of carbonyl (C=O) groups excluding carboxylic acids is 1. The molecule has 0 fully saturated rings. The van der Waals surface area contributed by atoms with Crippen molar-refractivity contribution in [2.75, 3.05) is 19.8 Å². The van der Waals surface area contributed by atoms with E-state index < -0.39 is 5.97 Å². The van der Waals surface area contributed by atoms with Crippen molar-refractivity contribution in [3.05, 3.63) is 59.7 Å². The maximum absolute atomic E-state index is 11.9. The van der Waals surface area contributed by atoms with Gasteiger partial charge in [0.05, 0.1) is 11.2 Å². The fourth-order valence-electron chi connectivity index (χ4n) is 2.47. The second-order valence-electron chi connectivity index (χ2n) is 7.65. The molecule has 2 aromatic rings. The van der Waals surface area contributed by atoms with Crippen LogP contribution in [0, 0.1) is 0 Å². The zero-order valence-corrected chi connectivity index (χ0v) is 17.1. The van der Waals surface area contributed by atoms with Gasteiger partial charge in [-0.3, -0.25) is 4.79 Å². The first-order chi connectivity index (χ1) is 13.7. The molecule has 0 aliphatic heterocycles. The van der Waals surface area contributed by atoms with Crippen molar-refractivity contribution >= 4 is 11.8 Å². The molecule has 0 saturated carbocycles. The van der Waals surface area contributed by atoms with E-state index in [0.29, 0.717) is 11.5 Å². The average Bonchev–Trinajstić information content (AvgIpc) is 2.68. The van der Waals surface area contributed by atoms with Crippen LogP contribution in [0.3, 0.4) is 0 Å². The summed E-state index contributed by atoms with van der Waals surface area (Å²) in [6, 6.07) is 13.5. The molecular formula is C23H28O6. The number of rotatable bonds is 11. The molecule has 6 heteroatoms. The van der Waals surface area contributed by atoms with Crippen LogP contribution in [0.4, 0.5) is 0 Å². The Kier molecular flexibility index (Phi) is 8.21. The van der Waals surface area contributed by atoms with E-state index in [1.807, 2.05) is 45.0 Å². The Labute approximate surface area is 171 Å². The van der Waals surface area contributed by atoms with E-state index in [4.69, 9.17) is 19.3 Å². The van der Waals surface area contributed by atoms with Crippen LogP contribution in [-0.2, 0) is 16.0 Å². The Morgan fingerprint density at radius 3 is 1.86 bits per heavy atom. The molecule has 0 amide bonds. The van der Waals surface area contributed by atoms with Crippen LogP contribution >= 0.6 is 0 Å². The lowest BCUT2D eigenvalue weighted by molar-refractivity contribution is -0.123. The highest BCUT2D eigenvalue weighted by atomic mass is 16.5. The van der Waals surface area contributed by atoms with E-state index in [0.717, 1.165) is 19.4 Å². The summed E-state index contributed by atoms with van der Waals surface area (Å²) in [5, 5.41) is 8.86. The molecule has 0 unspecified atom stereocenters. The predicted molar refractivity (Wildman–Crippen MR) is 110 cm³/mol. The Hall–Kier alpha value is -2.86. The van der Waals surface area contributed by atoms with Crippen molar-refractivity contribution in [3.63, 3.8) is 0 Å². The van der Waals surface area contributed by atoms with Gasteiger partial charge in [0.2, 0.25) is 5.78 Å². The van der Waals surface area contributed by atoms with Crippen molar-refractivity contribution in [2.45, 2.75) is 39.2 Å². The third kappa shape index (κ3) is 8.79. The van der Waals surface area contributed by atoms with Gasteiger partial charge in [-0.15, -0.1) is 0 Å². The second-order valence-corrected chi connectivity index (χ2v) is 7.65. The van der Waals surface area contributed by atoms with Gasteiger partial charge in [-0.05, 0) is 75.6 Å². The molecule has 2 aromatic carbocycles. The van der Waals surface area contributed by atoms with Crippen molar-refractivity contribution in [2.24, 2.45) is 0 Å². The first-order valence-electron chi connectivity index (χ1n) is 9.56. The normalized spacial score (nSPS) is 11.1. The van der Waals surface area contributed by atoms with Crippen LogP contribution < -0.4 is 9.47 Å². The number of carboxylic acids is 1. The number of aromatic carboxylic acids is 1. The molecule has 156 valence electrons. The summed E-state index contributed by atoms with van der Waals surface area (Å²) in [5.41, 5.74) is 1.24. The summed E-state index contributed by atoms with van der Waals surface area (Å²) in [6.07, 6.45) is 1.87. The first-order valence-corrected chi connectivity index (χ1v) is 9.56. The second kappa shape index (κ2) is 10.6. The van der Waals surface area contributed by atoms with E-state index in [-0.39, 0.29) is 30.2 Å². The first kappa shape index (κ1) is 22.4. The Balaban J connectivity index is 1.68. The van der Waals surface area contributed by atoms with Crippen LogP contribution in [0.5, 0.6) is 11.5 Å². The van der Waals surface area contributed by atoms with Crippen molar-refractivity contribution in [3.8, 4) is 11.5 Å². The van der Waals surface area contributed by atoms with Gasteiger partial charge in [0, 0.05) is 6.61 Å². The molecule has 0 bridgehead atoms. The average molecular weight is 400 g/mol. The monoisotopic (exact) mass is 400 g/mol. The minimum Gasteiger partial charge on any atom is -0.486 e. The van der Waals surface area contributed by atoms with Crippen molar-refractivity contribution < 1.29 is 28.9 Å². The number of hydrogen-bond acceptors (Lipinski definition) is 5. The lowest BCUT2D eigenvalue weighted by Gasteiger charge is -2.19. The summed E-state index contributed by atoms with van der Waals surface area (Å²) >= 11 is 0. The van der Waals surface area contributed by atoms with Crippen molar-refractivity contribution in [1.29, 1.82) is 0 Å². The zero-order chi connectivity index (χ0) is 21.3. The molecular weight excluding hydrogens is 372 g/mol. The van der Waals surface area contributed by atoms with Gasteiger partial charge in [-0.2, -0.15) is 0 Å². The maximum Gasteiger partial charge on any atom is 0.335 e. The lowest BCUT2D eigenvalue weighted by atomic mass is 10.1. The molecule has 6 nitrogen and oxygen atoms in total. The van der Waals surface area contributed by atoms with Crippen LogP contribution in [-0.4, -0.2) is 42.3 Å². The zero-order valence-electron chi connectivity index (χ0n) is 17.1. The molecule has 0 radical (unpaired) electrons. The van der Waals surface area contributed by atoms with E-state index in [1.54, 1.807) is 0 Å². The van der Waals surface area contributed by atoms with Gasteiger partial charge in [0.25, 0.3) is 0 Å². The number of aryl methyl sites for hydroxylation is 1. The Bertz CT molecular complexity index is 788. The van der Waals surface area contributed by atoms with Crippen LogP contribution in [0.25, 0.3) is 0 Å². The van der Waals surface area contributed by atoms with Crippen LogP contribution in [0.2, 0.25) is 0 Å². The number of ketones is 1. The van der Waals surface area contributed by atoms with Gasteiger partial charge in [0.15, 0.2) is 0 Å². The number of benzene rings is 2. The highest BCUT2D eigenvalue weighted by Crippen LogP contribution is 2.15. The van der Waals surface area contributed by atoms with E-state index >= 15 is 0 Å².